The summed E-state index contributed by atoms with van der Waals surface area (Å²) in [5.41, 5.74) is 5.76. The quantitative estimate of drug-likeness (QED) is 0.684. The minimum absolute atomic E-state index is 0.0852. The highest BCUT2D eigenvalue weighted by Crippen LogP contribution is 2.26. The third-order valence-electron chi connectivity index (χ3n) is 2.69. The number of piperidine rings is 1. The highest BCUT2D eigenvalue weighted by atomic mass is 16.2. The fourth-order valence-corrected chi connectivity index (χ4v) is 1.90. The van der Waals surface area contributed by atoms with E-state index in [9.17, 15) is 14.4 Å². The van der Waals surface area contributed by atoms with Crippen molar-refractivity contribution in [3.63, 3.8) is 0 Å². The number of pyridine rings is 1. The molecule has 1 aliphatic heterocycles. The van der Waals surface area contributed by atoms with E-state index in [4.69, 9.17) is 5.73 Å². The average Bonchev–Trinajstić information content (AvgIpc) is 2.29. The van der Waals surface area contributed by atoms with E-state index in [-0.39, 0.29) is 18.0 Å². The lowest BCUT2D eigenvalue weighted by Gasteiger charge is -2.21. The highest BCUT2D eigenvalue weighted by Gasteiger charge is 2.30. The van der Waals surface area contributed by atoms with Gasteiger partial charge in [0, 0.05) is 12.6 Å². The zero-order valence-corrected chi connectivity index (χ0v) is 8.97. The van der Waals surface area contributed by atoms with Gasteiger partial charge in [0.2, 0.25) is 11.8 Å². The van der Waals surface area contributed by atoms with Gasteiger partial charge in [-0.05, 0) is 18.1 Å². The predicted molar refractivity (Wildman–Crippen MR) is 57.9 cm³/mol. The van der Waals surface area contributed by atoms with Gasteiger partial charge < -0.3 is 5.73 Å². The molecule has 1 aromatic rings. The Balaban J connectivity index is 2.37. The number of carbonyl (C=O) groups excluding carboxylic acids is 3. The van der Waals surface area contributed by atoms with Crippen LogP contribution in [0.25, 0.3) is 0 Å². The van der Waals surface area contributed by atoms with E-state index in [1.165, 1.54) is 6.20 Å². The lowest BCUT2D eigenvalue weighted by atomic mass is 9.89. The van der Waals surface area contributed by atoms with E-state index < -0.39 is 17.7 Å². The summed E-state index contributed by atoms with van der Waals surface area (Å²) in [5.74, 6) is -1.92. The fraction of sp³-hybridized carbons (Fsp3) is 0.273. The topological polar surface area (TPSA) is 102 Å². The van der Waals surface area contributed by atoms with Crippen LogP contribution in [0.2, 0.25) is 0 Å². The molecule has 1 saturated heterocycles. The summed E-state index contributed by atoms with van der Waals surface area (Å²) in [4.78, 5) is 37.8. The van der Waals surface area contributed by atoms with Gasteiger partial charge in [-0.15, -0.1) is 0 Å². The Morgan fingerprint density at radius 3 is 2.88 bits per heavy atom. The number of primary amides is 1. The van der Waals surface area contributed by atoms with Crippen molar-refractivity contribution in [1.29, 1.82) is 0 Å². The average molecular weight is 233 g/mol. The van der Waals surface area contributed by atoms with Crippen LogP contribution in [0, 0.1) is 0 Å². The first-order chi connectivity index (χ1) is 8.09. The summed E-state index contributed by atoms with van der Waals surface area (Å²) in [7, 11) is 0. The van der Waals surface area contributed by atoms with Crippen molar-refractivity contribution in [2.45, 2.75) is 18.8 Å². The number of rotatable bonds is 2. The van der Waals surface area contributed by atoms with Crippen LogP contribution in [0.4, 0.5) is 0 Å². The molecule has 1 atom stereocenters. The van der Waals surface area contributed by atoms with Crippen molar-refractivity contribution >= 4 is 17.7 Å². The molecule has 6 nitrogen and oxygen atoms in total. The lowest BCUT2D eigenvalue weighted by Crippen LogP contribution is -2.40. The molecule has 3 amide bonds. The van der Waals surface area contributed by atoms with Crippen LogP contribution in [0.3, 0.4) is 0 Å². The van der Waals surface area contributed by atoms with E-state index in [1.54, 1.807) is 12.1 Å². The number of hydrogen-bond donors (Lipinski definition) is 2. The van der Waals surface area contributed by atoms with Crippen LogP contribution in [-0.4, -0.2) is 22.7 Å². The van der Waals surface area contributed by atoms with E-state index in [2.05, 4.69) is 10.3 Å². The molecule has 1 aromatic heterocycles. The maximum absolute atomic E-state index is 11.7. The molecule has 0 spiro atoms. The number of nitrogens with one attached hydrogen (secondary N) is 1. The van der Waals surface area contributed by atoms with Gasteiger partial charge in [-0.3, -0.25) is 24.7 Å². The standard InChI is InChI=1S/C11H11N3O3/c12-10(16)9-6(2-1-5-13-9)7-3-4-8(15)14-11(7)17/h1-2,5,7H,3-4H2,(H2,12,16)(H,14,15,17)/t7-/m1/s1. The zero-order valence-electron chi connectivity index (χ0n) is 8.97. The van der Waals surface area contributed by atoms with Crippen LogP contribution in [0.1, 0.15) is 34.8 Å². The Morgan fingerprint density at radius 1 is 1.47 bits per heavy atom. The number of hydrogen-bond acceptors (Lipinski definition) is 4. The Labute approximate surface area is 97.2 Å². The Morgan fingerprint density at radius 2 is 2.24 bits per heavy atom. The molecule has 0 saturated carbocycles. The summed E-state index contributed by atoms with van der Waals surface area (Å²) >= 11 is 0. The van der Waals surface area contributed by atoms with Crippen LogP contribution >= 0.6 is 0 Å². The normalized spacial score (nSPS) is 19.9. The number of amides is 3. The van der Waals surface area contributed by atoms with Crippen LogP contribution in [0.5, 0.6) is 0 Å². The molecule has 2 rings (SSSR count). The summed E-state index contributed by atoms with van der Waals surface area (Å²) in [6, 6.07) is 3.26. The number of carbonyl (C=O) groups is 3. The highest BCUT2D eigenvalue weighted by molar-refractivity contribution is 6.02. The van der Waals surface area contributed by atoms with Gasteiger partial charge in [-0.2, -0.15) is 0 Å². The summed E-state index contributed by atoms with van der Waals surface area (Å²) < 4.78 is 0. The minimum Gasteiger partial charge on any atom is -0.364 e. The second kappa shape index (κ2) is 4.32. The maximum atomic E-state index is 11.7. The molecule has 88 valence electrons. The van der Waals surface area contributed by atoms with Crippen molar-refractivity contribution in [3.8, 4) is 0 Å². The Kier molecular flexibility index (Phi) is 2.86. The van der Waals surface area contributed by atoms with Crippen LogP contribution < -0.4 is 11.1 Å². The van der Waals surface area contributed by atoms with E-state index >= 15 is 0 Å². The SMILES string of the molecule is NC(=O)c1ncccc1[C@H]1CCC(=O)NC1=O. The molecule has 1 aliphatic rings. The zero-order chi connectivity index (χ0) is 12.4. The van der Waals surface area contributed by atoms with E-state index in [1.807, 2.05) is 0 Å². The molecule has 0 unspecified atom stereocenters. The van der Waals surface area contributed by atoms with Crippen molar-refractivity contribution in [3.05, 3.63) is 29.6 Å². The molecular weight excluding hydrogens is 222 g/mol. The van der Waals surface area contributed by atoms with Gasteiger partial charge in [0.15, 0.2) is 0 Å². The summed E-state index contributed by atoms with van der Waals surface area (Å²) in [6.45, 7) is 0. The smallest absolute Gasteiger partial charge is 0.267 e. The number of aromatic nitrogens is 1. The van der Waals surface area contributed by atoms with Gasteiger partial charge in [-0.25, -0.2) is 0 Å². The molecule has 6 heteroatoms. The van der Waals surface area contributed by atoms with Crippen molar-refractivity contribution in [2.24, 2.45) is 5.73 Å². The maximum Gasteiger partial charge on any atom is 0.267 e. The number of imide groups is 1. The van der Waals surface area contributed by atoms with Gasteiger partial charge in [-0.1, -0.05) is 6.07 Å². The molecular formula is C11H11N3O3. The van der Waals surface area contributed by atoms with Crippen molar-refractivity contribution in [2.75, 3.05) is 0 Å². The first-order valence-electron chi connectivity index (χ1n) is 5.18. The first kappa shape index (κ1) is 11.3. The number of nitrogens with zero attached hydrogens (tertiary/aromatic N) is 1. The predicted octanol–water partition coefficient (Wildman–Crippen LogP) is -0.299. The first-order valence-corrected chi connectivity index (χ1v) is 5.18. The monoisotopic (exact) mass is 233 g/mol. The molecule has 0 aliphatic carbocycles. The third kappa shape index (κ3) is 2.15. The van der Waals surface area contributed by atoms with E-state index in [0.717, 1.165) is 0 Å². The van der Waals surface area contributed by atoms with E-state index in [0.29, 0.717) is 12.0 Å². The third-order valence-corrected chi connectivity index (χ3v) is 2.69. The lowest BCUT2D eigenvalue weighted by molar-refractivity contribution is -0.134. The fourth-order valence-electron chi connectivity index (χ4n) is 1.90. The molecule has 2 heterocycles. The second-order valence-electron chi connectivity index (χ2n) is 3.81. The Hall–Kier alpha value is -2.24. The van der Waals surface area contributed by atoms with Gasteiger partial charge >= 0.3 is 0 Å². The minimum atomic E-state index is -0.676. The molecule has 3 N–H and O–H groups in total. The van der Waals surface area contributed by atoms with Gasteiger partial charge in [0.1, 0.15) is 5.69 Å². The van der Waals surface area contributed by atoms with Gasteiger partial charge in [0.25, 0.3) is 5.91 Å². The largest absolute Gasteiger partial charge is 0.364 e. The summed E-state index contributed by atoms with van der Waals surface area (Å²) in [6.07, 6.45) is 2.07. The molecule has 0 aromatic carbocycles. The molecule has 17 heavy (non-hydrogen) atoms. The Bertz CT molecular complexity index is 498. The van der Waals surface area contributed by atoms with Crippen LogP contribution in [-0.2, 0) is 9.59 Å². The van der Waals surface area contributed by atoms with Gasteiger partial charge in [0.05, 0.1) is 5.92 Å². The summed E-state index contributed by atoms with van der Waals surface area (Å²) in [5, 5.41) is 2.24. The van der Waals surface area contributed by atoms with Crippen LogP contribution in [0.15, 0.2) is 18.3 Å². The molecule has 1 fully saturated rings. The van der Waals surface area contributed by atoms with Crippen molar-refractivity contribution in [1.82, 2.24) is 10.3 Å². The second-order valence-corrected chi connectivity index (χ2v) is 3.81. The molecule has 0 bridgehead atoms. The van der Waals surface area contributed by atoms with Crippen molar-refractivity contribution < 1.29 is 14.4 Å². The number of nitrogens with two attached hydrogens (primary N) is 1. The molecule has 0 radical (unpaired) electrons.